The fraction of sp³-hybridized carbons (Fsp3) is 0.158. The van der Waals surface area contributed by atoms with Crippen molar-refractivity contribution in [3.63, 3.8) is 0 Å². The summed E-state index contributed by atoms with van der Waals surface area (Å²) in [7, 11) is 0. The van der Waals surface area contributed by atoms with Crippen LogP contribution in [0.4, 0.5) is 5.69 Å². The molecule has 0 heterocycles. The van der Waals surface area contributed by atoms with Gasteiger partial charge in [0.1, 0.15) is 0 Å². The summed E-state index contributed by atoms with van der Waals surface area (Å²) in [5.74, 6) is -1.41. The van der Waals surface area contributed by atoms with Gasteiger partial charge in [-0.15, -0.1) is 0 Å². The Morgan fingerprint density at radius 2 is 1.83 bits per heavy atom. The minimum absolute atomic E-state index is 0.0757. The second-order valence-corrected chi connectivity index (χ2v) is 5.56. The van der Waals surface area contributed by atoms with Crippen LogP contribution in [0.15, 0.2) is 48.5 Å². The summed E-state index contributed by atoms with van der Waals surface area (Å²) in [6, 6.07) is 12.6. The van der Waals surface area contributed by atoms with Crippen molar-refractivity contribution in [1.82, 2.24) is 0 Å². The Kier molecular flexibility index (Phi) is 4.24. The summed E-state index contributed by atoms with van der Waals surface area (Å²) in [6.45, 7) is 0. The molecule has 4 heteroatoms. The Morgan fingerprint density at radius 1 is 1.04 bits per heavy atom. The van der Waals surface area contributed by atoms with E-state index >= 15 is 0 Å². The molecule has 0 saturated carbocycles. The van der Waals surface area contributed by atoms with Crippen LogP contribution in [-0.2, 0) is 17.6 Å². The minimum Gasteiger partial charge on any atom is -0.478 e. The van der Waals surface area contributed by atoms with Gasteiger partial charge in [0.25, 0.3) is 0 Å². The molecule has 0 bridgehead atoms. The SMILES string of the molecule is O=C(C=Cc1ccc2c(c1)CCC2)Nc1ccccc1C(=O)O. The highest BCUT2D eigenvalue weighted by Crippen LogP contribution is 2.23. The van der Waals surface area contributed by atoms with Gasteiger partial charge in [-0.3, -0.25) is 4.79 Å². The van der Waals surface area contributed by atoms with Gasteiger partial charge in [0.2, 0.25) is 5.91 Å². The molecule has 3 rings (SSSR count). The van der Waals surface area contributed by atoms with Crippen LogP contribution in [0.25, 0.3) is 6.08 Å². The number of benzene rings is 2. The fourth-order valence-corrected chi connectivity index (χ4v) is 2.82. The summed E-state index contributed by atoms with van der Waals surface area (Å²) >= 11 is 0. The average Bonchev–Trinajstić information content (AvgIpc) is 3.01. The minimum atomic E-state index is -1.07. The van der Waals surface area contributed by atoms with Crippen molar-refractivity contribution < 1.29 is 14.7 Å². The number of carboxylic acids is 1. The Labute approximate surface area is 134 Å². The monoisotopic (exact) mass is 307 g/mol. The van der Waals surface area contributed by atoms with Crippen LogP contribution in [-0.4, -0.2) is 17.0 Å². The number of nitrogens with one attached hydrogen (secondary N) is 1. The average molecular weight is 307 g/mol. The van der Waals surface area contributed by atoms with E-state index in [1.165, 1.54) is 29.7 Å². The van der Waals surface area contributed by atoms with E-state index < -0.39 is 5.97 Å². The van der Waals surface area contributed by atoms with Crippen molar-refractivity contribution >= 4 is 23.6 Å². The topological polar surface area (TPSA) is 66.4 Å². The maximum atomic E-state index is 12.0. The number of anilines is 1. The maximum Gasteiger partial charge on any atom is 0.337 e. The first-order chi connectivity index (χ1) is 11.1. The summed E-state index contributed by atoms with van der Waals surface area (Å²) in [5, 5.41) is 11.7. The standard InChI is InChI=1S/C19H17NO3/c21-18(20-17-7-2-1-6-16(17)19(22)23)11-9-13-8-10-14-4-3-5-15(14)12-13/h1-2,6-12H,3-5H2,(H,20,21)(H,22,23). The molecule has 2 aromatic carbocycles. The normalized spacial score (nSPS) is 13.0. The van der Waals surface area contributed by atoms with Crippen molar-refractivity contribution in [3.8, 4) is 0 Å². The van der Waals surface area contributed by atoms with Crippen LogP contribution in [0, 0.1) is 0 Å². The number of fused-ring (bicyclic) bond motifs is 1. The molecule has 0 saturated heterocycles. The molecule has 0 aromatic heterocycles. The van der Waals surface area contributed by atoms with Gasteiger partial charge in [0.05, 0.1) is 11.3 Å². The van der Waals surface area contributed by atoms with E-state index in [1.54, 1.807) is 24.3 Å². The number of hydrogen-bond acceptors (Lipinski definition) is 2. The molecular weight excluding hydrogens is 290 g/mol. The lowest BCUT2D eigenvalue weighted by atomic mass is 10.1. The number of para-hydroxylation sites is 1. The molecule has 0 aliphatic heterocycles. The quantitative estimate of drug-likeness (QED) is 0.849. The van der Waals surface area contributed by atoms with Crippen LogP contribution in [0.3, 0.4) is 0 Å². The van der Waals surface area contributed by atoms with E-state index in [2.05, 4.69) is 17.4 Å². The van der Waals surface area contributed by atoms with Gasteiger partial charge in [-0.05, 0) is 54.2 Å². The molecular formula is C19H17NO3. The van der Waals surface area contributed by atoms with Crippen LogP contribution in [0.5, 0.6) is 0 Å². The van der Waals surface area contributed by atoms with Gasteiger partial charge in [0, 0.05) is 6.08 Å². The molecule has 1 aliphatic rings. The number of carboxylic acid groups (broad SMARTS) is 1. The van der Waals surface area contributed by atoms with Gasteiger partial charge in [0.15, 0.2) is 0 Å². The lowest BCUT2D eigenvalue weighted by Crippen LogP contribution is -2.11. The number of aryl methyl sites for hydroxylation is 2. The van der Waals surface area contributed by atoms with E-state index in [9.17, 15) is 9.59 Å². The first-order valence-electron chi connectivity index (χ1n) is 7.57. The molecule has 23 heavy (non-hydrogen) atoms. The highest BCUT2D eigenvalue weighted by molar-refractivity contribution is 6.06. The Morgan fingerprint density at radius 3 is 2.65 bits per heavy atom. The predicted octanol–water partition coefficient (Wildman–Crippen LogP) is 3.53. The zero-order chi connectivity index (χ0) is 16.2. The molecule has 0 spiro atoms. The second kappa shape index (κ2) is 6.48. The molecule has 0 atom stereocenters. The highest BCUT2D eigenvalue weighted by atomic mass is 16.4. The smallest absolute Gasteiger partial charge is 0.337 e. The predicted molar refractivity (Wildman–Crippen MR) is 89.5 cm³/mol. The van der Waals surface area contributed by atoms with E-state index in [1.807, 2.05) is 6.07 Å². The molecule has 116 valence electrons. The fourth-order valence-electron chi connectivity index (χ4n) is 2.82. The van der Waals surface area contributed by atoms with Crippen molar-refractivity contribution in [2.45, 2.75) is 19.3 Å². The zero-order valence-corrected chi connectivity index (χ0v) is 12.6. The number of carbonyl (C=O) groups is 2. The van der Waals surface area contributed by atoms with Gasteiger partial charge >= 0.3 is 5.97 Å². The second-order valence-electron chi connectivity index (χ2n) is 5.56. The number of aromatic carboxylic acids is 1. The molecule has 0 unspecified atom stereocenters. The molecule has 0 fully saturated rings. The van der Waals surface area contributed by atoms with E-state index in [0.29, 0.717) is 5.69 Å². The lowest BCUT2D eigenvalue weighted by molar-refractivity contribution is -0.111. The van der Waals surface area contributed by atoms with Crippen LogP contribution < -0.4 is 5.32 Å². The van der Waals surface area contributed by atoms with E-state index in [-0.39, 0.29) is 11.5 Å². The molecule has 2 aromatic rings. The summed E-state index contributed by atoms with van der Waals surface area (Å²) in [6.07, 6.45) is 6.59. The van der Waals surface area contributed by atoms with Crippen molar-refractivity contribution in [1.29, 1.82) is 0 Å². The molecule has 1 amide bonds. The highest BCUT2D eigenvalue weighted by Gasteiger charge is 2.11. The Hall–Kier alpha value is -2.88. The first-order valence-corrected chi connectivity index (χ1v) is 7.57. The summed E-state index contributed by atoms with van der Waals surface area (Å²) in [4.78, 5) is 23.1. The van der Waals surface area contributed by atoms with Crippen molar-refractivity contribution in [2.75, 3.05) is 5.32 Å². The largest absolute Gasteiger partial charge is 0.478 e. The van der Waals surface area contributed by atoms with Crippen LogP contribution >= 0.6 is 0 Å². The van der Waals surface area contributed by atoms with Crippen LogP contribution in [0.1, 0.15) is 33.5 Å². The third kappa shape index (κ3) is 3.48. The number of hydrogen-bond donors (Lipinski definition) is 2. The third-order valence-electron chi connectivity index (χ3n) is 3.97. The van der Waals surface area contributed by atoms with Gasteiger partial charge in [-0.1, -0.05) is 30.3 Å². The number of amides is 1. The lowest BCUT2D eigenvalue weighted by Gasteiger charge is -2.06. The zero-order valence-electron chi connectivity index (χ0n) is 12.6. The summed E-state index contributed by atoms with van der Waals surface area (Å²) < 4.78 is 0. The first kappa shape index (κ1) is 15.0. The van der Waals surface area contributed by atoms with Gasteiger partial charge < -0.3 is 10.4 Å². The van der Waals surface area contributed by atoms with E-state index in [4.69, 9.17) is 5.11 Å². The van der Waals surface area contributed by atoms with Crippen LogP contribution in [0.2, 0.25) is 0 Å². The Balaban J connectivity index is 1.71. The summed E-state index contributed by atoms with van der Waals surface area (Å²) in [5.41, 5.74) is 4.09. The van der Waals surface area contributed by atoms with Crippen molar-refractivity contribution in [2.24, 2.45) is 0 Å². The maximum absolute atomic E-state index is 12.0. The molecule has 1 aliphatic carbocycles. The molecule has 2 N–H and O–H groups in total. The number of carbonyl (C=O) groups excluding carboxylic acids is 1. The molecule has 4 nitrogen and oxygen atoms in total. The number of rotatable bonds is 4. The Bertz CT molecular complexity index is 793. The van der Waals surface area contributed by atoms with Gasteiger partial charge in [-0.25, -0.2) is 4.79 Å². The third-order valence-corrected chi connectivity index (χ3v) is 3.97. The van der Waals surface area contributed by atoms with Crippen molar-refractivity contribution in [3.05, 3.63) is 70.8 Å². The van der Waals surface area contributed by atoms with Gasteiger partial charge in [-0.2, -0.15) is 0 Å². The van der Waals surface area contributed by atoms with E-state index in [0.717, 1.165) is 18.4 Å². The molecule has 0 radical (unpaired) electrons.